The summed E-state index contributed by atoms with van der Waals surface area (Å²) in [5, 5.41) is 16.5. The van der Waals surface area contributed by atoms with Gasteiger partial charge >= 0.3 is 0 Å². The van der Waals surface area contributed by atoms with Gasteiger partial charge < -0.3 is 20.6 Å². The van der Waals surface area contributed by atoms with Gasteiger partial charge in [0.2, 0.25) is 5.91 Å². The standard InChI is InChI=1S/C24H38ClN3O3/c1-15(2)21(27-22(30)19-6-5-7-20(29)26-19)23(31)28-13-12-18(24(3,4)14-28)16-8-10-17(25)11-9-16/h6,10,15-16,18,20-21,26,29H,5,7-9,11-14H2,1-4H3,(H,27,30)/t16-,18?,20-,21+/m0/s1. The maximum atomic E-state index is 13.4. The number of hydrogen-bond acceptors (Lipinski definition) is 4. The Kier molecular flexibility index (Phi) is 7.74. The second-order valence-electron chi connectivity index (χ2n) is 10.4. The lowest BCUT2D eigenvalue weighted by atomic mass is 9.65. The summed E-state index contributed by atoms with van der Waals surface area (Å²) in [5.41, 5.74) is 0.361. The quantitative estimate of drug-likeness (QED) is 0.597. The zero-order valence-electron chi connectivity index (χ0n) is 19.3. The number of aliphatic hydroxyl groups excluding tert-OH is 1. The molecule has 3 rings (SSSR count). The number of allylic oxidation sites excluding steroid dienone is 3. The van der Waals surface area contributed by atoms with Gasteiger partial charge in [-0.2, -0.15) is 0 Å². The molecule has 3 aliphatic rings. The van der Waals surface area contributed by atoms with E-state index in [1.165, 1.54) is 0 Å². The van der Waals surface area contributed by atoms with Gasteiger partial charge in [0.1, 0.15) is 12.3 Å². The van der Waals surface area contributed by atoms with Crippen LogP contribution in [0.15, 0.2) is 22.9 Å². The Hall–Kier alpha value is -1.53. The zero-order valence-corrected chi connectivity index (χ0v) is 20.0. The van der Waals surface area contributed by atoms with Crippen LogP contribution in [0, 0.1) is 23.2 Å². The second-order valence-corrected chi connectivity index (χ2v) is 10.9. The van der Waals surface area contributed by atoms with Crippen molar-refractivity contribution in [2.24, 2.45) is 23.2 Å². The zero-order chi connectivity index (χ0) is 22.8. The van der Waals surface area contributed by atoms with E-state index in [0.29, 0.717) is 36.9 Å². The van der Waals surface area contributed by atoms with Gasteiger partial charge in [0, 0.05) is 18.1 Å². The maximum Gasteiger partial charge on any atom is 0.267 e. The molecule has 174 valence electrons. The molecule has 0 aromatic rings. The van der Waals surface area contributed by atoms with Gasteiger partial charge in [-0.25, -0.2) is 0 Å². The normalized spacial score (nSPS) is 29.5. The van der Waals surface area contributed by atoms with Crippen molar-refractivity contribution in [1.82, 2.24) is 15.5 Å². The Morgan fingerprint density at radius 1 is 1.26 bits per heavy atom. The van der Waals surface area contributed by atoms with E-state index in [-0.39, 0.29) is 23.1 Å². The lowest BCUT2D eigenvalue weighted by molar-refractivity contribution is -0.142. The minimum Gasteiger partial charge on any atom is -0.374 e. The average Bonchev–Trinajstić information content (AvgIpc) is 2.71. The number of halogens is 1. The number of amides is 2. The summed E-state index contributed by atoms with van der Waals surface area (Å²) in [7, 11) is 0. The van der Waals surface area contributed by atoms with Crippen molar-refractivity contribution < 1.29 is 14.7 Å². The first-order valence-corrected chi connectivity index (χ1v) is 12.0. The highest BCUT2D eigenvalue weighted by Crippen LogP contribution is 2.45. The van der Waals surface area contributed by atoms with E-state index in [9.17, 15) is 14.7 Å². The second kappa shape index (κ2) is 9.95. The summed E-state index contributed by atoms with van der Waals surface area (Å²) < 4.78 is 0. The molecule has 0 aromatic heterocycles. The predicted molar refractivity (Wildman–Crippen MR) is 123 cm³/mol. The molecule has 0 bridgehead atoms. The molecule has 0 aromatic carbocycles. The number of nitrogens with zero attached hydrogens (tertiary/aromatic N) is 1. The van der Waals surface area contributed by atoms with Crippen LogP contribution in [-0.4, -0.2) is 47.2 Å². The molecule has 0 saturated carbocycles. The molecule has 1 saturated heterocycles. The lowest BCUT2D eigenvalue weighted by Gasteiger charge is -2.49. The summed E-state index contributed by atoms with van der Waals surface area (Å²) in [6.07, 6.45) is 8.53. The van der Waals surface area contributed by atoms with Gasteiger partial charge in [-0.3, -0.25) is 9.59 Å². The summed E-state index contributed by atoms with van der Waals surface area (Å²) in [6, 6.07) is -0.585. The summed E-state index contributed by atoms with van der Waals surface area (Å²) >= 11 is 6.18. The van der Waals surface area contributed by atoms with Crippen molar-refractivity contribution in [3.63, 3.8) is 0 Å². The van der Waals surface area contributed by atoms with Gasteiger partial charge in [-0.1, -0.05) is 51.4 Å². The Balaban J connectivity index is 1.65. The number of aliphatic hydroxyl groups is 1. The Labute approximate surface area is 191 Å². The molecule has 1 unspecified atom stereocenters. The Morgan fingerprint density at radius 3 is 2.58 bits per heavy atom. The highest BCUT2D eigenvalue weighted by atomic mass is 35.5. The van der Waals surface area contributed by atoms with Gasteiger partial charge in [-0.05, 0) is 61.7 Å². The summed E-state index contributed by atoms with van der Waals surface area (Å²) in [6.45, 7) is 9.85. The molecule has 2 heterocycles. The van der Waals surface area contributed by atoms with Crippen molar-refractivity contribution in [3.05, 3.63) is 22.9 Å². The fraction of sp³-hybridized carbons (Fsp3) is 0.750. The van der Waals surface area contributed by atoms with Gasteiger partial charge in [0.25, 0.3) is 5.91 Å². The number of hydrogen-bond donors (Lipinski definition) is 3. The Morgan fingerprint density at radius 2 is 2.00 bits per heavy atom. The van der Waals surface area contributed by atoms with Crippen LogP contribution in [0.2, 0.25) is 0 Å². The van der Waals surface area contributed by atoms with E-state index < -0.39 is 12.3 Å². The number of nitrogens with one attached hydrogen (secondary N) is 2. The van der Waals surface area contributed by atoms with Crippen LogP contribution in [0.4, 0.5) is 0 Å². The number of carbonyl (C=O) groups excluding carboxylic acids is 2. The lowest BCUT2D eigenvalue weighted by Crippen LogP contribution is -2.57. The van der Waals surface area contributed by atoms with E-state index >= 15 is 0 Å². The third-order valence-corrected chi connectivity index (χ3v) is 7.51. The molecular formula is C24H38ClN3O3. The van der Waals surface area contributed by atoms with Crippen LogP contribution in [0.1, 0.15) is 66.2 Å². The highest BCUT2D eigenvalue weighted by Gasteiger charge is 2.43. The molecule has 2 amide bonds. The fourth-order valence-corrected chi connectivity index (χ4v) is 5.61. The summed E-state index contributed by atoms with van der Waals surface area (Å²) in [4.78, 5) is 28.1. The SMILES string of the molecule is CC(C)[C@@H](NC(=O)C1=CCC[C@H](O)N1)C(=O)N1CCC([C@H]2CC=C(Cl)CC2)C(C)(C)C1. The van der Waals surface area contributed by atoms with Crippen molar-refractivity contribution >= 4 is 23.4 Å². The maximum absolute atomic E-state index is 13.4. The molecular weight excluding hydrogens is 414 g/mol. The number of rotatable bonds is 5. The molecule has 3 N–H and O–H groups in total. The van der Waals surface area contributed by atoms with Crippen LogP contribution in [0.5, 0.6) is 0 Å². The first-order valence-electron chi connectivity index (χ1n) is 11.7. The monoisotopic (exact) mass is 451 g/mol. The first-order chi connectivity index (χ1) is 14.6. The summed E-state index contributed by atoms with van der Waals surface area (Å²) in [5.74, 6) is 0.801. The number of likely N-dealkylation sites (tertiary alicyclic amines) is 1. The predicted octanol–water partition coefficient (Wildman–Crippen LogP) is 3.51. The molecule has 0 spiro atoms. The van der Waals surface area contributed by atoms with Crippen molar-refractivity contribution in [1.29, 1.82) is 0 Å². The van der Waals surface area contributed by atoms with Crippen LogP contribution >= 0.6 is 11.6 Å². The van der Waals surface area contributed by atoms with Crippen LogP contribution in [0.25, 0.3) is 0 Å². The van der Waals surface area contributed by atoms with Crippen molar-refractivity contribution in [3.8, 4) is 0 Å². The molecule has 0 radical (unpaired) electrons. The third kappa shape index (κ3) is 5.83. The van der Waals surface area contributed by atoms with E-state index in [2.05, 4.69) is 30.6 Å². The van der Waals surface area contributed by atoms with Gasteiger partial charge in [0.15, 0.2) is 0 Å². The molecule has 2 aliphatic heterocycles. The number of carbonyl (C=O) groups is 2. The average molecular weight is 452 g/mol. The first kappa shape index (κ1) is 24.1. The Bertz CT molecular complexity index is 746. The van der Waals surface area contributed by atoms with Gasteiger partial charge in [0.05, 0.1) is 5.70 Å². The highest BCUT2D eigenvalue weighted by molar-refractivity contribution is 6.29. The van der Waals surface area contributed by atoms with E-state index in [1.54, 1.807) is 6.08 Å². The van der Waals surface area contributed by atoms with E-state index in [0.717, 1.165) is 37.3 Å². The third-order valence-electron chi connectivity index (χ3n) is 7.16. The van der Waals surface area contributed by atoms with Crippen LogP contribution in [0.3, 0.4) is 0 Å². The molecule has 1 fully saturated rings. The van der Waals surface area contributed by atoms with E-state index in [4.69, 9.17) is 11.6 Å². The topological polar surface area (TPSA) is 81.7 Å². The van der Waals surface area contributed by atoms with Crippen LogP contribution < -0.4 is 10.6 Å². The molecule has 7 heteroatoms. The fourth-order valence-electron chi connectivity index (χ4n) is 5.41. The largest absolute Gasteiger partial charge is 0.374 e. The minimum absolute atomic E-state index is 0.0132. The molecule has 4 atom stereocenters. The van der Waals surface area contributed by atoms with Crippen molar-refractivity contribution in [2.45, 2.75) is 78.5 Å². The smallest absolute Gasteiger partial charge is 0.267 e. The van der Waals surface area contributed by atoms with Gasteiger partial charge in [-0.15, -0.1) is 0 Å². The van der Waals surface area contributed by atoms with Crippen molar-refractivity contribution in [2.75, 3.05) is 13.1 Å². The molecule has 1 aliphatic carbocycles. The molecule has 6 nitrogen and oxygen atoms in total. The number of piperidine rings is 1. The minimum atomic E-state index is -0.719. The van der Waals surface area contributed by atoms with E-state index in [1.807, 2.05) is 18.7 Å². The molecule has 31 heavy (non-hydrogen) atoms. The van der Waals surface area contributed by atoms with Crippen LogP contribution in [-0.2, 0) is 9.59 Å².